The number of halogens is 1. The van der Waals surface area contributed by atoms with Crippen LogP contribution in [0.1, 0.15) is 30.9 Å². The Morgan fingerprint density at radius 3 is 2.56 bits per heavy atom. The predicted molar refractivity (Wildman–Crippen MR) is 110 cm³/mol. The molecule has 0 aliphatic heterocycles. The minimum atomic E-state index is -0.808. The highest BCUT2D eigenvalue weighted by atomic mass is 35.5. The second kappa shape index (κ2) is 10.3. The number of unbranched alkanes of at least 4 members (excludes halogenated alkanes) is 1. The minimum Gasteiger partial charge on any atom is -0.355 e. The lowest BCUT2D eigenvalue weighted by Crippen LogP contribution is -2.38. The average Bonchev–Trinajstić information content (AvgIpc) is 2.65. The molecule has 0 radical (unpaired) electrons. The van der Waals surface area contributed by atoms with Gasteiger partial charge in [-0.05, 0) is 43.7 Å². The van der Waals surface area contributed by atoms with Crippen molar-refractivity contribution in [2.75, 3.05) is 11.9 Å². The summed E-state index contributed by atoms with van der Waals surface area (Å²) in [7, 11) is 0. The molecule has 0 heterocycles. The lowest BCUT2D eigenvalue weighted by Gasteiger charge is -2.10. The van der Waals surface area contributed by atoms with Gasteiger partial charge in [0.15, 0.2) is 0 Å². The smallest absolute Gasteiger partial charge is 0.329 e. The molecule has 142 valence electrons. The van der Waals surface area contributed by atoms with E-state index in [9.17, 15) is 9.59 Å². The van der Waals surface area contributed by atoms with Gasteiger partial charge in [-0.3, -0.25) is 9.59 Å². The van der Waals surface area contributed by atoms with E-state index in [1.165, 1.54) is 11.8 Å². The van der Waals surface area contributed by atoms with Crippen LogP contribution >= 0.6 is 11.6 Å². The number of benzene rings is 2. The van der Waals surface area contributed by atoms with E-state index in [1.54, 1.807) is 12.1 Å². The maximum Gasteiger partial charge on any atom is 0.329 e. The number of hydrazone groups is 1. The van der Waals surface area contributed by atoms with Crippen molar-refractivity contribution in [3.8, 4) is 0 Å². The molecule has 0 atom stereocenters. The van der Waals surface area contributed by atoms with Gasteiger partial charge in [0.2, 0.25) is 0 Å². The third kappa shape index (κ3) is 6.75. The molecule has 0 unspecified atom stereocenters. The molecule has 7 heteroatoms. The lowest BCUT2D eigenvalue weighted by atomic mass is 10.1. The van der Waals surface area contributed by atoms with Crippen molar-refractivity contribution in [2.45, 2.75) is 26.7 Å². The molecule has 0 saturated heterocycles. The number of carbonyl (C=O) groups is 2. The Bertz CT molecular complexity index is 819. The van der Waals surface area contributed by atoms with Crippen LogP contribution in [0.5, 0.6) is 0 Å². The third-order valence-corrected chi connectivity index (χ3v) is 3.97. The molecule has 2 amide bonds. The van der Waals surface area contributed by atoms with E-state index < -0.39 is 11.8 Å². The Morgan fingerprint density at radius 1 is 1.11 bits per heavy atom. The van der Waals surface area contributed by atoms with Gasteiger partial charge >= 0.3 is 11.8 Å². The lowest BCUT2D eigenvalue weighted by molar-refractivity contribution is -0.139. The van der Waals surface area contributed by atoms with Gasteiger partial charge in [-0.15, -0.1) is 0 Å². The van der Waals surface area contributed by atoms with E-state index >= 15 is 0 Å². The number of anilines is 2. The van der Waals surface area contributed by atoms with Gasteiger partial charge in [0.1, 0.15) is 0 Å². The van der Waals surface area contributed by atoms with Gasteiger partial charge in [-0.2, -0.15) is 5.10 Å². The zero-order valence-electron chi connectivity index (χ0n) is 15.4. The van der Waals surface area contributed by atoms with E-state index in [2.05, 4.69) is 21.2 Å². The second-order valence-corrected chi connectivity index (χ2v) is 6.47. The monoisotopic (exact) mass is 386 g/mol. The van der Waals surface area contributed by atoms with E-state index in [1.807, 2.05) is 44.2 Å². The highest BCUT2D eigenvalue weighted by Gasteiger charge is 2.11. The first-order chi connectivity index (χ1) is 13.0. The van der Waals surface area contributed by atoms with Crippen LogP contribution in [0.15, 0.2) is 47.6 Å². The summed E-state index contributed by atoms with van der Waals surface area (Å²) in [6.07, 6.45) is 3.20. The molecule has 0 aliphatic rings. The van der Waals surface area contributed by atoms with Gasteiger partial charge in [-0.1, -0.05) is 42.6 Å². The van der Waals surface area contributed by atoms with E-state index in [4.69, 9.17) is 11.6 Å². The molecule has 0 bridgehead atoms. The van der Waals surface area contributed by atoms with E-state index in [-0.39, 0.29) is 0 Å². The Balaban J connectivity index is 2.03. The van der Waals surface area contributed by atoms with Crippen molar-refractivity contribution in [3.63, 3.8) is 0 Å². The molecular formula is C20H23ClN4O2. The van der Waals surface area contributed by atoms with Crippen molar-refractivity contribution < 1.29 is 9.59 Å². The minimum absolute atomic E-state index is 0.464. The van der Waals surface area contributed by atoms with Gasteiger partial charge in [0, 0.05) is 28.5 Å². The number of nitrogens with one attached hydrogen (secondary N) is 3. The topological polar surface area (TPSA) is 82.6 Å². The molecular weight excluding hydrogens is 364 g/mol. The molecule has 2 aromatic carbocycles. The SMILES string of the molecule is CCCCNC(=O)C(=O)N/N=C\c1cc(Cl)ccc1Nc1ccc(C)cc1. The van der Waals surface area contributed by atoms with Crippen LogP contribution in [0.25, 0.3) is 0 Å². The van der Waals surface area contributed by atoms with Crippen molar-refractivity contribution in [3.05, 3.63) is 58.6 Å². The van der Waals surface area contributed by atoms with Crippen LogP contribution in [0.4, 0.5) is 11.4 Å². The molecule has 0 aromatic heterocycles. The highest BCUT2D eigenvalue weighted by Crippen LogP contribution is 2.23. The molecule has 0 saturated carbocycles. The van der Waals surface area contributed by atoms with Gasteiger partial charge in [-0.25, -0.2) is 5.43 Å². The summed E-state index contributed by atoms with van der Waals surface area (Å²) in [4.78, 5) is 23.3. The number of hydrogen-bond acceptors (Lipinski definition) is 4. The van der Waals surface area contributed by atoms with Crippen LogP contribution in [0.3, 0.4) is 0 Å². The third-order valence-electron chi connectivity index (χ3n) is 3.74. The fourth-order valence-corrected chi connectivity index (χ4v) is 2.40. The zero-order valence-corrected chi connectivity index (χ0v) is 16.1. The number of rotatable bonds is 7. The van der Waals surface area contributed by atoms with Crippen LogP contribution in [0.2, 0.25) is 5.02 Å². The number of nitrogens with zero attached hydrogens (tertiary/aromatic N) is 1. The zero-order chi connectivity index (χ0) is 19.6. The quantitative estimate of drug-likeness (QED) is 0.293. The molecule has 6 nitrogen and oxygen atoms in total. The Morgan fingerprint density at radius 2 is 1.85 bits per heavy atom. The maximum absolute atomic E-state index is 11.7. The summed E-state index contributed by atoms with van der Waals surface area (Å²) in [5.74, 6) is -1.51. The van der Waals surface area contributed by atoms with E-state index in [0.29, 0.717) is 17.1 Å². The van der Waals surface area contributed by atoms with Crippen LogP contribution in [-0.2, 0) is 9.59 Å². The summed E-state index contributed by atoms with van der Waals surface area (Å²) in [5.41, 5.74) is 5.75. The standard InChI is InChI=1S/C20H23ClN4O2/c1-3-4-11-22-19(26)20(27)25-23-13-15-12-16(21)7-10-18(15)24-17-8-5-14(2)6-9-17/h5-10,12-13,24H,3-4,11H2,1-2H3,(H,22,26)(H,25,27)/b23-13-. The first kappa shape index (κ1) is 20.5. The summed E-state index contributed by atoms with van der Waals surface area (Å²) in [6.45, 7) is 4.49. The summed E-state index contributed by atoms with van der Waals surface area (Å²) >= 11 is 6.06. The fraction of sp³-hybridized carbons (Fsp3) is 0.250. The Kier molecular flexibility index (Phi) is 7.82. The normalized spacial score (nSPS) is 10.6. The summed E-state index contributed by atoms with van der Waals surface area (Å²) in [5, 5.41) is 10.2. The van der Waals surface area contributed by atoms with Crippen molar-refractivity contribution >= 4 is 41.0 Å². The van der Waals surface area contributed by atoms with Crippen LogP contribution in [0, 0.1) is 6.92 Å². The Hall–Kier alpha value is -2.86. The summed E-state index contributed by atoms with van der Waals surface area (Å²) < 4.78 is 0. The largest absolute Gasteiger partial charge is 0.355 e. The Labute approximate surface area is 164 Å². The molecule has 27 heavy (non-hydrogen) atoms. The molecule has 2 rings (SSSR count). The van der Waals surface area contributed by atoms with Crippen molar-refractivity contribution in [1.82, 2.24) is 10.7 Å². The van der Waals surface area contributed by atoms with Gasteiger partial charge in [0.05, 0.1) is 6.21 Å². The van der Waals surface area contributed by atoms with E-state index in [0.717, 1.165) is 24.2 Å². The van der Waals surface area contributed by atoms with Crippen LogP contribution in [-0.4, -0.2) is 24.6 Å². The van der Waals surface area contributed by atoms with Crippen molar-refractivity contribution in [1.29, 1.82) is 0 Å². The van der Waals surface area contributed by atoms with Crippen LogP contribution < -0.4 is 16.1 Å². The molecule has 3 N–H and O–H groups in total. The number of aryl methyl sites for hydroxylation is 1. The fourth-order valence-electron chi connectivity index (χ4n) is 2.22. The molecule has 0 fully saturated rings. The molecule has 2 aromatic rings. The highest BCUT2D eigenvalue weighted by molar-refractivity contribution is 6.35. The average molecular weight is 387 g/mol. The maximum atomic E-state index is 11.7. The second-order valence-electron chi connectivity index (χ2n) is 6.03. The molecule has 0 spiro atoms. The predicted octanol–water partition coefficient (Wildman–Crippen LogP) is 3.76. The first-order valence-electron chi connectivity index (χ1n) is 8.74. The van der Waals surface area contributed by atoms with Gasteiger partial charge < -0.3 is 10.6 Å². The summed E-state index contributed by atoms with van der Waals surface area (Å²) in [6, 6.07) is 13.2. The van der Waals surface area contributed by atoms with Crippen molar-refractivity contribution in [2.24, 2.45) is 5.10 Å². The first-order valence-corrected chi connectivity index (χ1v) is 9.12. The van der Waals surface area contributed by atoms with Gasteiger partial charge in [0.25, 0.3) is 0 Å². The molecule has 0 aliphatic carbocycles. The number of hydrogen-bond donors (Lipinski definition) is 3. The number of amides is 2. The number of carbonyl (C=O) groups excluding carboxylic acids is 2.